The summed E-state index contributed by atoms with van der Waals surface area (Å²) in [5, 5.41) is 21.6. The fourth-order valence-corrected chi connectivity index (χ4v) is 10.9. The molecule has 3 saturated heterocycles. The predicted molar refractivity (Wildman–Crippen MR) is 443 cm³/mol. The SMILES string of the molecule is C=CC(C)=O.CCOC(=O)C1C(=O)CCN(c2ccccc2)C1=O.CCOC(=O)CC(=O)Cl.CCOC(=O)CCN(C(=O)CC(C)=O)c1ccccc1.CCOC(=O)CCNc1ccccc1.Nc1ccccc1.O=C1C(C=NCCN2CCN(CCO)CC2)=C(O)CCN1c1ccccc1.O=C1CCN(c2ccccc2)C(=O)C1. The van der Waals surface area contributed by atoms with Crippen LogP contribution in [0.15, 0.2) is 211 Å². The van der Waals surface area contributed by atoms with Crippen LogP contribution in [0.25, 0.3) is 0 Å². The molecule has 0 aromatic heterocycles. The van der Waals surface area contributed by atoms with Gasteiger partial charge in [-0.3, -0.25) is 77.1 Å². The molecule has 4 aliphatic heterocycles. The van der Waals surface area contributed by atoms with Crippen molar-refractivity contribution in [2.45, 2.75) is 92.9 Å². The van der Waals surface area contributed by atoms with E-state index in [4.69, 9.17) is 36.7 Å². The van der Waals surface area contributed by atoms with Gasteiger partial charge in [-0.05, 0) is 132 Å². The number of benzene rings is 6. The number of Topliss-reactive ketones (excluding diaryl/α,β-unsaturated/α-hetero) is 3. The van der Waals surface area contributed by atoms with E-state index in [1.807, 2.05) is 140 Å². The second-order valence-corrected chi connectivity index (χ2v) is 25.6. The number of halogens is 1. The molecule has 6 aromatic rings. The number of nitrogen functional groups attached to an aromatic ring is 1. The minimum absolute atomic E-state index is 0.0185. The van der Waals surface area contributed by atoms with Crippen molar-refractivity contribution in [3.63, 3.8) is 0 Å². The third kappa shape index (κ3) is 39.9. The number of β-amino-alcohol motifs (C(OH)–C–C–N with tert-alkyl or cyclic N) is 1. The number of para-hydroxylation sites is 6. The van der Waals surface area contributed by atoms with Gasteiger partial charge in [0.15, 0.2) is 17.5 Å². The highest BCUT2D eigenvalue weighted by molar-refractivity contribution is 6.64. The van der Waals surface area contributed by atoms with E-state index in [-0.39, 0.29) is 123 Å². The quantitative estimate of drug-likeness (QED) is 0.00708. The Morgan fingerprint density at radius 2 is 1.03 bits per heavy atom. The molecule has 618 valence electrons. The zero-order chi connectivity index (χ0) is 84.7. The summed E-state index contributed by atoms with van der Waals surface area (Å²) in [7, 11) is 0. The van der Waals surface area contributed by atoms with Crippen LogP contribution in [-0.4, -0.2) is 214 Å². The second-order valence-electron chi connectivity index (χ2n) is 25.1. The molecule has 0 spiro atoms. The lowest BCUT2D eigenvalue weighted by Crippen LogP contribution is -2.49. The van der Waals surface area contributed by atoms with Gasteiger partial charge in [0.25, 0.3) is 5.91 Å². The number of carbonyl (C=O) groups is 13. The molecule has 0 aliphatic carbocycles. The van der Waals surface area contributed by atoms with Gasteiger partial charge in [0.05, 0.1) is 70.8 Å². The van der Waals surface area contributed by atoms with Crippen molar-refractivity contribution in [1.29, 1.82) is 0 Å². The fraction of sp³-hybridized carbons (Fsp3) is 0.372. The molecule has 0 radical (unpaired) electrons. The number of allylic oxidation sites excluding steroid dienone is 1. The number of nitrogens with zero attached hydrogens (tertiary/aromatic N) is 7. The molecule has 5 N–H and O–H groups in total. The molecule has 28 nitrogen and oxygen atoms in total. The number of rotatable bonds is 27. The number of ketones is 4. The molecule has 29 heteroatoms. The number of piperidine rings is 2. The summed E-state index contributed by atoms with van der Waals surface area (Å²) in [5.74, 6) is -4.64. The van der Waals surface area contributed by atoms with E-state index >= 15 is 0 Å². The van der Waals surface area contributed by atoms with Gasteiger partial charge in [-0.1, -0.05) is 116 Å². The number of aliphatic hydroxyl groups is 2. The molecule has 10 rings (SSSR count). The Kier molecular flexibility index (Phi) is 48.4. The Labute approximate surface area is 677 Å². The Hall–Kier alpha value is -11.9. The van der Waals surface area contributed by atoms with Crippen molar-refractivity contribution in [3.8, 4) is 0 Å². The third-order valence-corrected chi connectivity index (χ3v) is 16.6. The molecule has 115 heavy (non-hydrogen) atoms. The lowest BCUT2D eigenvalue weighted by molar-refractivity contribution is -0.156. The Bertz CT molecular complexity index is 4060. The molecule has 4 aliphatic rings. The number of hydrogen-bond acceptors (Lipinski definition) is 24. The summed E-state index contributed by atoms with van der Waals surface area (Å²) in [5.41, 5.74) is 10.6. The number of amides is 4. The van der Waals surface area contributed by atoms with Gasteiger partial charge in [0.2, 0.25) is 23.0 Å². The largest absolute Gasteiger partial charge is 0.511 e. The highest BCUT2D eigenvalue weighted by atomic mass is 35.5. The van der Waals surface area contributed by atoms with Crippen LogP contribution in [0, 0.1) is 5.92 Å². The molecule has 4 heterocycles. The molecule has 3 fully saturated rings. The average Bonchev–Trinajstić information content (AvgIpc) is 0.822. The van der Waals surface area contributed by atoms with Crippen LogP contribution >= 0.6 is 11.6 Å². The van der Waals surface area contributed by atoms with Crippen molar-refractivity contribution < 1.29 is 91.5 Å². The highest BCUT2D eigenvalue weighted by Gasteiger charge is 2.42. The van der Waals surface area contributed by atoms with Gasteiger partial charge in [-0.2, -0.15) is 0 Å². The predicted octanol–water partition coefficient (Wildman–Crippen LogP) is 10.2. The van der Waals surface area contributed by atoms with Crippen molar-refractivity contribution in [2.24, 2.45) is 10.9 Å². The first kappa shape index (κ1) is 97.3. The molecular weight excluding hydrogens is 1500 g/mol. The van der Waals surface area contributed by atoms with Crippen LogP contribution in [0.3, 0.4) is 0 Å². The standard InChI is InChI=1S/C20H28N4O3.C15H19NO4.C14H15NO4.C11H11NO2.C11H15NO2.C6H7N.C5H7ClO3.C4H6O/c25-15-14-23-12-10-22(11-13-23)9-7-21-16-18-19(26)6-8-24(20(18)27)17-4-2-1-3-5-17;1-3-20-15(19)9-10-16(14(18)11-12(2)17)13-7-5-4-6-8-13;1-2-19-14(18)12-11(16)8-9-15(13(12)17)10-6-4-3-5-7-10;13-10-6-7-12(11(14)8-10)9-4-2-1-3-5-9;1-2-14-11(13)8-9-12-10-6-4-3-5-7-10;7-6-4-2-1-3-5-6;1-2-9-5(8)3-4(6)7;1-3-4(2)5/h1-5,16,25-26H,6-15H2;4-8H,3,9-11H2,1-2H3;3-7,12H,2,8-9H2,1H3;1-5H,6-8H2;3-7,12H,2,8-9H2,1H3;1-5H,7H2;2-3H2,1H3;3H,1H2,2H3. The normalized spacial score (nSPS) is 14.4. The van der Waals surface area contributed by atoms with Gasteiger partial charge >= 0.3 is 23.9 Å². The molecule has 1 atom stereocenters. The van der Waals surface area contributed by atoms with Gasteiger partial charge in [-0.25, -0.2) is 0 Å². The first-order valence-corrected chi connectivity index (χ1v) is 38.2. The zero-order valence-electron chi connectivity index (χ0n) is 66.4. The van der Waals surface area contributed by atoms with Crippen molar-refractivity contribution in [1.82, 2.24) is 9.80 Å². The first-order chi connectivity index (χ1) is 55.3. The molecular formula is C86H108ClN9O19. The van der Waals surface area contributed by atoms with E-state index < -0.39 is 29.0 Å². The van der Waals surface area contributed by atoms with E-state index in [9.17, 15) is 67.4 Å². The van der Waals surface area contributed by atoms with E-state index in [0.717, 1.165) is 62.0 Å². The monoisotopic (exact) mass is 1610 g/mol. The van der Waals surface area contributed by atoms with Gasteiger partial charge < -0.3 is 59.8 Å². The summed E-state index contributed by atoms with van der Waals surface area (Å²) in [6, 6.07) is 56.2. The number of ether oxygens (including phenoxy) is 4. The van der Waals surface area contributed by atoms with Crippen LogP contribution < -0.4 is 30.7 Å². The maximum atomic E-state index is 12.7. The van der Waals surface area contributed by atoms with Gasteiger partial charge in [0, 0.05) is 132 Å². The van der Waals surface area contributed by atoms with Crippen LogP contribution in [-0.2, 0) is 81.3 Å². The van der Waals surface area contributed by atoms with Gasteiger partial charge in [-0.15, -0.1) is 0 Å². The van der Waals surface area contributed by atoms with Crippen molar-refractivity contribution >= 4 is 128 Å². The Balaban J connectivity index is 0.000000355. The molecule has 0 bridgehead atoms. The Morgan fingerprint density at radius 1 is 0.574 bits per heavy atom. The lowest BCUT2D eigenvalue weighted by Gasteiger charge is -2.33. The highest BCUT2D eigenvalue weighted by Crippen LogP contribution is 2.26. The molecule has 4 amide bonds. The first-order valence-electron chi connectivity index (χ1n) is 37.8. The number of hydrogen-bond donors (Lipinski definition) is 4. The maximum Gasteiger partial charge on any atom is 0.326 e. The van der Waals surface area contributed by atoms with Crippen LogP contribution in [0.4, 0.5) is 34.1 Å². The second kappa shape index (κ2) is 57.2. The number of esters is 4. The van der Waals surface area contributed by atoms with E-state index in [1.54, 1.807) is 79.1 Å². The summed E-state index contributed by atoms with van der Waals surface area (Å²) >= 11 is 4.87. The van der Waals surface area contributed by atoms with Crippen LogP contribution in [0.1, 0.15) is 92.9 Å². The number of aliphatic imine (C=N–C) groups is 1. The number of nitrogens with one attached hydrogen (secondary N) is 1. The topological polar surface area (TPSA) is 369 Å². The number of carbonyl (C=O) groups excluding carboxylic acids is 13. The van der Waals surface area contributed by atoms with E-state index in [1.165, 1.54) is 35.9 Å². The fourth-order valence-electron chi connectivity index (χ4n) is 10.8. The van der Waals surface area contributed by atoms with E-state index in [0.29, 0.717) is 76.6 Å². The molecule has 0 saturated carbocycles. The van der Waals surface area contributed by atoms with Crippen LogP contribution in [0.2, 0.25) is 0 Å². The zero-order valence-corrected chi connectivity index (χ0v) is 67.1. The molecule has 6 aromatic carbocycles. The number of piperazine rings is 1. The van der Waals surface area contributed by atoms with Crippen molar-refractivity contribution in [2.75, 3.05) is 142 Å². The number of nitrogens with two attached hydrogens (primary N) is 1. The summed E-state index contributed by atoms with van der Waals surface area (Å²) in [6.07, 6.45) is 3.94. The van der Waals surface area contributed by atoms with Crippen molar-refractivity contribution in [3.05, 3.63) is 206 Å². The minimum Gasteiger partial charge on any atom is -0.511 e. The minimum atomic E-state index is -1.31. The van der Waals surface area contributed by atoms with Crippen LogP contribution in [0.5, 0.6) is 0 Å². The summed E-state index contributed by atoms with van der Waals surface area (Å²) < 4.78 is 18.9. The molecule has 1 unspecified atom stereocenters. The third-order valence-electron chi connectivity index (χ3n) is 16.4. The lowest BCUT2D eigenvalue weighted by atomic mass is 9.95. The Morgan fingerprint density at radius 3 is 1.50 bits per heavy atom. The number of anilines is 6. The van der Waals surface area contributed by atoms with Gasteiger partial charge in [0.1, 0.15) is 23.7 Å². The average molecular weight is 1610 g/mol. The smallest absolute Gasteiger partial charge is 0.326 e. The van der Waals surface area contributed by atoms with E-state index in [2.05, 4.69) is 31.4 Å². The number of aliphatic hydroxyl groups excluding tert-OH is 2. The maximum absolute atomic E-state index is 12.7. The summed E-state index contributed by atoms with van der Waals surface area (Å²) in [6.45, 7) is 22.4. The summed E-state index contributed by atoms with van der Waals surface area (Å²) in [4.78, 5) is 162.